The number of halogens is 1. The molecule has 2 saturated heterocycles. The first-order valence-corrected chi connectivity index (χ1v) is 11.5. The number of hydrogen-bond donors (Lipinski definition) is 0. The Balaban J connectivity index is 1.63. The van der Waals surface area contributed by atoms with Gasteiger partial charge in [-0.05, 0) is 41.6 Å². The minimum Gasteiger partial charge on any atom is -0.352 e. The summed E-state index contributed by atoms with van der Waals surface area (Å²) < 4.78 is 0. The number of ketones is 1. The molecule has 5 rings (SSSR count). The van der Waals surface area contributed by atoms with E-state index in [4.69, 9.17) is 11.6 Å². The smallest absolute Gasteiger partial charge is 0.235 e. The van der Waals surface area contributed by atoms with Gasteiger partial charge < -0.3 is 4.90 Å². The van der Waals surface area contributed by atoms with Crippen molar-refractivity contribution < 1.29 is 14.4 Å². The highest BCUT2D eigenvalue weighted by molar-refractivity contribution is 7.12. The van der Waals surface area contributed by atoms with Crippen molar-refractivity contribution in [2.24, 2.45) is 11.8 Å². The van der Waals surface area contributed by atoms with Crippen molar-refractivity contribution in [3.8, 4) is 0 Å². The molecule has 7 heteroatoms. The number of carbonyl (C=O) groups is 3. The van der Waals surface area contributed by atoms with Gasteiger partial charge in [0.15, 0.2) is 5.78 Å². The van der Waals surface area contributed by atoms with E-state index in [-0.39, 0.29) is 23.6 Å². The summed E-state index contributed by atoms with van der Waals surface area (Å²) in [4.78, 5) is 44.2. The maximum Gasteiger partial charge on any atom is 0.235 e. The average Bonchev–Trinajstić information content (AvgIpc) is 3.43. The maximum absolute atomic E-state index is 13.6. The lowest BCUT2D eigenvalue weighted by atomic mass is 9.87. The Bertz CT molecular complexity index is 1060. The Hall–Kier alpha value is -2.44. The molecular formula is C23H21ClN2O3S. The molecule has 0 unspecified atom stereocenters. The molecule has 30 heavy (non-hydrogen) atoms. The van der Waals surface area contributed by atoms with Gasteiger partial charge in [0.2, 0.25) is 11.8 Å². The van der Waals surface area contributed by atoms with Crippen LogP contribution >= 0.6 is 22.9 Å². The lowest BCUT2D eigenvalue weighted by Crippen LogP contribution is -2.48. The third-order valence-corrected chi connectivity index (χ3v) is 7.45. The fraction of sp³-hybridized carbons (Fsp3) is 0.348. The van der Waals surface area contributed by atoms with Gasteiger partial charge in [-0.25, -0.2) is 0 Å². The van der Waals surface area contributed by atoms with E-state index in [1.54, 1.807) is 12.1 Å². The van der Waals surface area contributed by atoms with Gasteiger partial charge in [-0.2, -0.15) is 0 Å². The Kier molecular flexibility index (Phi) is 4.79. The van der Waals surface area contributed by atoms with E-state index in [0.717, 1.165) is 24.1 Å². The number of benzene rings is 1. The predicted octanol–water partition coefficient (Wildman–Crippen LogP) is 4.27. The van der Waals surface area contributed by atoms with Gasteiger partial charge in [0.25, 0.3) is 0 Å². The fourth-order valence-corrected chi connectivity index (χ4v) is 5.89. The standard InChI is InChI=1S/C23H21ClN2O3S/c1-2-3-10-25-22(28)18-16-8-6-13-12-14(24)7-9-15(13)26(16)20(19(18)23(25)29)21(27)17-5-4-11-30-17/h4-9,11-12,16,18-20H,2-3,10H2,1H3/t16-,18-,19-,20-/m1/s1. The number of rotatable bonds is 5. The van der Waals surface area contributed by atoms with Crippen LogP contribution in [-0.4, -0.2) is 41.1 Å². The normalized spacial score (nSPS) is 26.7. The Morgan fingerprint density at radius 3 is 2.70 bits per heavy atom. The molecule has 1 aromatic heterocycles. The number of fused-ring (bicyclic) bond motifs is 5. The Morgan fingerprint density at radius 2 is 1.97 bits per heavy atom. The molecule has 2 fully saturated rings. The first kappa shape index (κ1) is 19.5. The summed E-state index contributed by atoms with van der Waals surface area (Å²) in [5.41, 5.74) is 1.74. The van der Waals surface area contributed by atoms with Crippen LogP contribution < -0.4 is 4.90 Å². The molecule has 3 aliphatic heterocycles. The summed E-state index contributed by atoms with van der Waals surface area (Å²) in [6, 6.07) is 8.12. The van der Waals surface area contributed by atoms with Crippen LogP contribution in [0.1, 0.15) is 35.0 Å². The maximum atomic E-state index is 13.6. The van der Waals surface area contributed by atoms with Crippen LogP contribution in [0.4, 0.5) is 5.69 Å². The van der Waals surface area contributed by atoms with Gasteiger partial charge in [0, 0.05) is 17.3 Å². The summed E-state index contributed by atoms with van der Waals surface area (Å²) in [5, 5.41) is 2.46. The molecule has 4 heterocycles. The van der Waals surface area contributed by atoms with E-state index in [0.29, 0.717) is 16.4 Å². The monoisotopic (exact) mass is 440 g/mol. The molecule has 1 aromatic carbocycles. The molecule has 4 atom stereocenters. The highest BCUT2D eigenvalue weighted by Gasteiger charge is 2.63. The molecule has 0 radical (unpaired) electrons. The number of amides is 2. The van der Waals surface area contributed by atoms with Crippen LogP contribution in [-0.2, 0) is 9.59 Å². The second kappa shape index (κ2) is 7.36. The van der Waals surface area contributed by atoms with Crippen molar-refractivity contribution >= 4 is 52.3 Å². The zero-order valence-corrected chi connectivity index (χ0v) is 18.0. The van der Waals surface area contributed by atoms with E-state index >= 15 is 0 Å². The predicted molar refractivity (Wildman–Crippen MR) is 118 cm³/mol. The molecule has 2 amide bonds. The van der Waals surface area contributed by atoms with Crippen LogP contribution in [0.15, 0.2) is 41.8 Å². The summed E-state index contributed by atoms with van der Waals surface area (Å²) in [7, 11) is 0. The second-order valence-corrected chi connectivity index (χ2v) is 9.36. The molecular weight excluding hydrogens is 420 g/mol. The van der Waals surface area contributed by atoms with Gasteiger partial charge in [-0.15, -0.1) is 11.3 Å². The summed E-state index contributed by atoms with van der Waals surface area (Å²) in [5.74, 6) is -1.68. The molecule has 0 spiro atoms. The molecule has 0 aliphatic carbocycles. The van der Waals surface area contributed by atoms with Crippen molar-refractivity contribution in [3.63, 3.8) is 0 Å². The zero-order valence-electron chi connectivity index (χ0n) is 16.5. The molecule has 5 nitrogen and oxygen atoms in total. The highest BCUT2D eigenvalue weighted by atomic mass is 35.5. The minimum absolute atomic E-state index is 0.0998. The molecule has 0 bridgehead atoms. The minimum atomic E-state index is -0.702. The van der Waals surface area contributed by atoms with Gasteiger partial charge in [-0.1, -0.05) is 43.2 Å². The molecule has 0 N–H and O–H groups in total. The average molecular weight is 441 g/mol. The van der Waals surface area contributed by atoms with Crippen LogP contribution in [0.5, 0.6) is 0 Å². The summed E-state index contributed by atoms with van der Waals surface area (Å²) in [6.45, 7) is 2.45. The Labute approximate surface area is 183 Å². The number of Topliss-reactive ketones (excluding diaryl/α,β-unsaturated/α-hetero) is 1. The molecule has 2 aromatic rings. The van der Waals surface area contributed by atoms with Gasteiger partial charge >= 0.3 is 0 Å². The van der Waals surface area contributed by atoms with Crippen molar-refractivity contribution in [2.45, 2.75) is 31.8 Å². The van der Waals surface area contributed by atoms with Crippen LogP contribution in [0.2, 0.25) is 5.02 Å². The van der Waals surface area contributed by atoms with E-state index in [2.05, 4.69) is 0 Å². The third-order valence-electron chi connectivity index (χ3n) is 6.33. The van der Waals surface area contributed by atoms with E-state index in [1.165, 1.54) is 16.2 Å². The number of carbonyl (C=O) groups excluding carboxylic acids is 3. The zero-order chi connectivity index (χ0) is 21.0. The van der Waals surface area contributed by atoms with E-state index in [1.807, 2.05) is 47.6 Å². The van der Waals surface area contributed by atoms with Crippen LogP contribution in [0, 0.1) is 11.8 Å². The first-order chi connectivity index (χ1) is 14.5. The Morgan fingerprint density at radius 1 is 1.17 bits per heavy atom. The lowest BCUT2D eigenvalue weighted by molar-refractivity contribution is -0.140. The van der Waals surface area contributed by atoms with E-state index < -0.39 is 17.9 Å². The number of likely N-dealkylation sites (tertiary alicyclic amines) is 1. The first-order valence-electron chi connectivity index (χ1n) is 10.2. The van der Waals surface area contributed by atoms with Gasteiger partial charge in [-0.3, -0.25) is 19.3 Å². The summed E-state index contributed by atoms with van der Waals surface area (Å²) in [6.07, 6.45) is 5.57. The number of nitrogens with zero attached hydrogens (tertiary/aromatic N) is 2. The largest absolute Gasteiger partial charge is 0.352 e. The van der Waals surface area contributed by atoms with Crippen molar-refractivity contribution in [1.29, 1.82) is 0 Å². The third kappa shape index (κ3) is 2.77. The number of unbranched alkanes of at least 4 members (excludes halogenated alkanes) is 1. The lowest BCUT2D eigenvalue weighted by Gasteiger charge is -2.36. The number of imide groups is 1. The van der Waals surface area contributed by atoms with Crippen LogP contribution in [0.3, 0.4) is 0 Å². The van der Waals surface area contributed by atoms with Crippen molar-refractivity contribution in [2.75, 3.05) is 11.4 Å². The van der Waals surface area contributed by atoms with E-state index in [9.17, 15) is 14.4 Å². The van der Waals surface area contributed by atoms with Crippen molar-refractivity contribution in [1.82, 2.24) is 4.90 Å². The molecule has 0 saturated carbocycles. The quantitative estimate of drug-likeness (QED) is 0.514. The summed E-state index contributed by atoms with van der Waals surface area (Å²) >= 11 is 7.54. The van der Waals surface area contributed by atoms with Gasteiger partial charge in [0.1, 0.15) is 6.04 Å². The van der Waals surface area contributed by atoms with Gasteiger partial charge in [0.05, 0.1) is 22.8 Å². The second-order valence-electron chi connectivity index (χ2n) is 7.98. The number of hydrogen-bond acceptors (Lipinski definition) is 5. The topological polar surface area (TPSA) is 57.7 Å². The molecule has 154 valence electrons. The SMILES string of the molecule is CCCCN1C(=O)[C@@H]2[C@H](C1=O)[C@H]1C=Cc3cc(Cl)ccc3N1[C@H]2C(=O)c1cccs1. The molecule has 3 aliphatic rings. The van der Waals surface area contributed by atoms with Crippen molar-refractivity contribution in [3.05, 3.63) is 57.3 Å². The number of thiophene rings is 1. The van der Waals surface area contributed by atoms with Crippen LogP contribution in [0.25, 0.3) is 6.08 Å². The fourth-order valence-electron chi connectivity index (χ4n) is 5.01. The number of anilines is 1. The highest BCUT2D eigenvalue weighted by Crippen LogP contribution is 2.49.